The number of ether oxygens (including phenoxy) is 3. The van der Waals surface area contributed by atoms with Gasteiger partial charge in [-0.05, 0) is 48.9 Å². The van der Waals surface area contributed by atoms with Crippen LogP contribution < -0.4 is 9.47 Å². The molecule has 0 radical (unpaired) electrons. The van der Waals surface area contributed by atoms with Gasteiger partial charge in [-0.2, -0.15) is 0 Å². The summed E-state index contributed by atoms with van der Waals surface area (Å²) in [5.74, 6) is 0.283. The van der Waals surface area contributed by atoms with Gasteiger partial charge >= 0.3 is 5.97 Å². The average molecular weight is 493 g/mol. The fourth-order valence-electron chi connectivity index (χ4n) is 4.09. The topological polar surface area (TPSA) is 70.5 Å². The molecule has 7 heteroatoms. The van der Waals surface area contributed by atoms with E-state index in [1.165, 1.54) is 33.5 Å². The lowest BCUT2D eigenvalue weighted by Gasteiger charge is -2.18. The van der Waals surface area contributed by atoms with Crippen LogP contribution in [0.15, 0.2) is 48.8 Å². The molecule has 190 valence electrons. The van der Waals surface area contributed by atoms with Crippen molar-refractivity contribution in [3.8, 4) is 22.8 Å². The molecule has 1 aliphatic heterocycles. The zero-order valence-electron chi connectivity index (χ0n) is 21.1. The molecule has 2 atom stereocenters. The monoisotopic (exact) mass is 492 g/mol. The number of hydrogen-bond donors (Lipinski definition) is 0. The first-order valence-corrected chi connectivity index (χ1v) is 12.5. The molecule has 2 aliphatic rings. The first-order valence-electron chi connectivity index (χ1n) is 12.5. The first-order chi connectivity index (χ1) is 17.5. The van der Waals surface area contributed by atoms with Crippen molar-refractivity contribution in [2.45, 2.75) is 58.0 Å². The van der Waals surface area contributed by atoms with Gasteiger partial charge in [0.2, 0.25) is 5.88 Å². The maximum Gasteiger partial charge on any atom is 0.308 e. The molecular weight excluding hydrogens is 459 g/mol. The van der Waals surface area contributed by atoms with E-state index in [9.17, 15) is 9.18 Å². The quantitative estimate of drug-likeness (QED) is 0.378. The Kier molecular flexibility index (Phi) is 8.52. The molecule has 0 bridgehead atoms. The number of hydrogen-bond acceptors (Lipinski definition) is 6. The maximum atomic E-state index is 14.3. The number of halogens is 1. The first kappa shape index (κ1) is 25.6. The van der Waals surface area contributed by atoms with Crippen molar-refractivity contribution in [1.82, 2.24) is 9.97 Å². The number of aryl methyl sites for hydroxylation is 1. The van der Waals surface area contributed by atoms with E-state index in [1.807, 2.05) is 31.2 Å². The minimum absolute atomic E-state index is 0.203. The summed E-state index contributed by atoms with van der Waals surface area (Å²) >= 11 is 0. The number of pyridine rings is 2. The Bertz CT molecular complexity index is 1180. The van der Waals surface area contributed by atoms with Crippen LogP contribution in [0.4, 0.5) is 4.39 Å². The van der Waals surface area contributed by atoms with Gasteiger partial charge in [0.05, 0.1) is 32.0 Å². The Balaban J connectivity index is 0.000000943. The number of benzene rings is 1. The van der Waals surface area contributed by atoms with Crippen molar-refractivity contribution >= 4 is 5.97 Å². The Hall–Kier alpha value is -3.48. The predicted octanol–water partition coefficient (Wildman–Crippen LogP) is 6.27. The van der Waals surface area contributed by atoms with Crippen molar-refractivity contribution in [1.29, 1.82) is 0 Å². The summed E-state index contributed by atoms with van der Waals surface area (Å²) in [6, 6.07) is 11.4. The Labute approximate surface area is 211 Å². The van der Waals surface area contributed by atoms with Crippen LogP contribution in [-0.2, 0) is 22.4 Å². The van der Waals surface area contributed by atoms with E-state index < -0.39 is 5.82 Å². The summed E-state index contributed by atoms with van der Waals surface area (Å²) in [6.45, 7) is 1.86. The van der Waals surface area contributed by atoms with E-state index in [1.54, 1.807) is 12.3 Å². The molecule has 3 aromatic rings. The lowest BCUT2D eigenvalue weighted by molar-refractivity contribution is -0.144. The Morgan fingerprint density at radius 1 is 1.08 bits per heavy atom. The highest BCUT2D eigenvalue weighted by molar-refractivity contribution is 5.72. The Morgan fingerprint density at radius 3 is 2.56 bits per heavy atom. The van der Waals surface area contributed by atoms with E-state index >= 15 is 0 Å². The lowest BCUT2D eigenvalue weighted by atomic mass is 9.98. The van der Waals surface area contributed by atoms with Crippen molar-refractivity contribution in [3.05, 3.63) is 71.4 Å². The molecule has 0 amide bonds. The highest BCUT2D eigenvalue weighted by Crippen LogP contribution is 2.35. The van der Waals surface area contributed by atoms with E-state index in [0.717, 1.165) is 48.0 Å². The van der Waals surface area contributed by atoms with E-state index in [-0.39, 0.29) is 18.0 Å². The van der Waals surface area contributed by atoms with Crippen LogP contribution in [0.5, 0.6) is 11.6 Å². The third-order valence-electron chi connectivity index (χ3n) is 6.28. The minimum Gasteiger partial charge on any atom is -0.484 e. The van der Waals surface area contributed by atoms with Gasteiger partial charge in [0.15, 0.2) is 0 Å². The molecule has 0 saturated heterocycles. The molecule has 3 heterocycles. The van der Waals surface area contributed by atoms with Crippen molar-refractivity contribution in [2.75, 3.05) is 14.2 Å². The number of rotatable bonds is 6. The van der Waals surface area contributed by atoms with Crippen LogP contribution in [0.3, 0.4) is 0 Å². The van der Waals surface area contributed by atoms with Crippen molar-refractivity contribution < 1.29 is 23.4 Å². The molecule has 2 unspecified atom stereocenters. The second kappa shape index (κ2) is 12.0. The summed E-state index contributed by atoms with van der Waals surface area (Å²) in [7, 11) is 2.90. The van der Waals surface area contributed by atoms with Gasteiger partial charge in [0.25, 0.3) is 0 Å². The third-order valence-corrected chi connectivity index (χ3v) is 6.28. The SMILES string of the molecule is C1CC1.COC(=O)C(C)Cc1ccc2c(c1)OC(c1ccc(-c3cc(OC)ncc3F)cn1)CCC2. The smallest absolute Gasteiger partial charge is 0.308 e. The van der Waals surface area contributed by atoms with E-state index in [4.69, 9.17) is 14.2 Å². The van der Waals surface area contributed by atoms with Crippen LogP contribution in [0, 0.1) is 11.7 Å². The normalized spacial score (nSPS) is 16.8. The van der Waals surface area contributed by atoms with Crippen LogP contribution in [0.25, 0.3) is 11.1 Å². The molecule has 1 aromatic carbocycles. The van der Waals surface area contributed by atoms with Crippen LogP contribution in [-0.4, -0.2) is 30.2 Å². The number of esters is 1. The second-order valence-corrected chi connectivity index (χ2v) is 9.31. The van der Waals surface area contributed by atoms with Crippen LogP contribution in [0.1, 0.15) is 62.0 Å². The Morgan fingerprint density at radius 2 is 1.89 bits per heavy atom. The number of methoxy groups -OCH3 is 2. The van der Waals surface area contributed by atoms with Gasteiger partial charge in [-0.3, -0.25) is 9.78 Å². The zero-order chi connectivity index (χ0) is 25.5. The summed E-state index contributed by atoms with van der Waals surface area (Å²) < 4.78 is 30.6. The molecule has 1 fully saturated rings. The van der Waals surface area contributed by atoms with Gasteiger partial charge in [0.1, 0.15) is 17.7 Å². The van der Waals surface area contributed by atoms with Crippen molar-refractivity contribution in [3.63, 3.8) is 0 Å². The van der Waals surface area contributed by atoms with E-state index in [2.05, 4.69) is 16.0 Å². The number of fused-ring (bicyclic) bond motifs is 1. The second-order valence-electron chi connectivity index (χ2n) is 9.31. The predicted molar refractivity (Wildman–Crippen MR) is 135 cm³/mol. The average Bonchev–Trinajstić information content (AvgIpc) is 3.79. The summed E-state index contributed by atoms with van der Waals surface area (Å²) in [5.41, 5.74) is 4.00. The zero-order valence-corrected chi connectivity index (χ0v) is 21.1. The van der Waals surface area contributed by atoms with Gasteiger partial charge in [0, 0.05) is 23.4 Å². The number of carbonyl (C=O) groups is 1. The molecule has 5 rings (SSSR count). The summed E-state index contributed by atoms with van der Waals surface area (Å²) in [6.07, 6.45) is 10.4. The van der Waals surface area contributed by atoms with Gasteiger partial charge in [-0.15, -0.1) is 0 Å². The molecule has 36 heavy (non-hydrogen) atoms. The van der Waals surface area contributed by atoms with Gasteiger partial charge in [-0.1, -0.05) is 44.4 Å². The standard InChI is InChI=1S/C26H27FN2O4.C3H6/c1-16(26(30)32-3)11-17-7-8-18-5-4-6-23(33-24(18)12-17)22-10-9-19(14-28-22)20-13-25(31-2)29-15-21(20)27;1-2-3-1/h7-10,12-16,23H,4-6,11H2,1-3H3;1-3H2. The van der Waals surface area contributed by atoms with Gasteiger partial charge < -0.3 is 14.2 Å². The highest BCUT2D eigenvalue weighted by Gasteiger charge is 2.22. The lowest BCUT2D eigenvalue weighted by Crippen LogP contribution is -2.15. The molecule has 1 aliphatic carbocycles. The third kappa shape index (κ3) is 6.59. The maximum absolute atomic E-state index is 14.3. The number of nitrogens with zero attached hydrogens (tertiary/aromatic N) is 2. The number of aromatic nitrogens is 2. The largest absolute Gasteiger partial charge is 0.484 e. The van der Waals surface area contributed by atoms with E-state index in [0.29, 0.717) is 23.4 Å². The highest BCUT2D eigenvalue weighted by atomic mass is 19.1. The molecule has 0 spiro atoms. The summed E-state index contributed by atoms with van der Waals surface area (Å²) in [4.78, 5) is 20.3. The molecule has 1 saturated carbocycles. The van der Waals surface area contributed by atoms with Crippen molar-refractivity contribution in [2.24, 2.45) is 5.92 Å². The molecule has 6 nitrogen and oxygen atoms in total. The fourth-order valence-corrected chi connectivity index (χ4v) is 4.09. The molecule has 0 N–H and O–H groups in total. The molecular formula is C29H33FN2O4. The summed E-state index contributed by atoms with van der Waals surface area (Å²) in [5, 5.41) is 0. The molecule has 2 aromatic heterocycles. The van der Waals surface area contributed by atoms with Crippen LogP contribution in [0.2, 0.25) is 0 Å². The van der Waals surface area contributed by atoms with Gasteiger partial charge in [-0.25, -0.2) is 9.37 Å². The van der Waals surface area contributed by atoms with Crippen LogP contribution >= 0.6 is 0 Å². The fraction of sp³-hybridized carbons (Fsp3) is 0.414. The minimum atomic E-state index is -0.432. The number of carbonyl (C=O) groups excluding carboxylic acids is 1.